The predicted molar refractivity (Wildman–Crippen MR) is 143 cm³/mol. The Labute approximate surface area is 215 Å². The predicted octanol–water partition coefficient (Wildman–Crippen LogP) is 4.11. The van der Waals surface area contributed by atoms with Crippen LogP contribution < -0.4 is 5.32 Å². The average Bonchev–Trinajstić information content (AvgIpc) is 3.45. The average molecular weight is 498 g/mol. The minimum atomic E-state index is 0.0234. The normalized spacial score (nSPS) is 15.4. The van der Waals surface area contributed by atoms with Crippen LogP contribution in [0, 0.1) is 12.8 Å². The molecule has 9 heteroatoms. The number of pyridine rings is 2. The van der Waals surface area contributed by atoms with Crippen molar-refractivity contribution in [2.75, 3.05) is 31.7 Å². The summed E-state index contributed by atoms with van der Waals surface area (Å²) in [6.07, 6.45) is 5.66. The molecule has 1 aromatic carbocycles. The Bertz CT molecular complexity index is 1520. The van der Waals surface area contributed by atoms with Crippen LogP contribution >= 0.6 is 0 Å². The molecule has 0 spiro atoms. The standard InChI is InChI=1S/C28H31N7O2/c1-18-25(34(2)33-32-18)21-16-23-24(31-17-21)22-8-11-29-28(30-12-13-36)27(22)35(23)26(19-6-4-3-5-7-19)20-9-14-37-15-10-20/h3-8,11,16-17,20,26,36H,9-10,12-15H2,1-2H3,(H,29,30)/t26-/m1/s1. The SMILES string of the molecule is Cc1nnn(C)c1-c1cnc2c3ccnc(NCCO)c3n([C@H](c3ccccc3)C3CCOCC3)c2c1. The van der Waals surface area contributed by atoms with Crippen LogP contribution in [0.3, 0.4) is 0 Å². The molecule has 6 rings (SSSR count). The van der Waals surface area contributed by atoms with Gasteiger partial charge >= 0.3 is 0 Å². The summed E-state index contributed by atoms with van der Waals surface area (Å²) in [5, 5.41) is 22.4. The van der Waals surface area contributed by atoms with Gasteiger partial charge in [0.25, 0.3) is 0 Å². The maximum absolute atomic E-state index is 9.56. The van der Waals surface area contributed by atoms with Crippen molar-refractivity contribution in [2.45, 2.75) is 25.8 Å². The molecular formula is C28H31N7O2. The van der Waals surface area contributed by atoms with Crippen molar-refractivity contribution < 1.29 is 9.84 Å². The Morgan fingerprint density at radius 2 is 1.95 bits per heavy atom. The van der Waals surface area contributed by atoms with E-state index in [1.165, 1.54) is 5.56 Å². The van der Waals surface area contributed by atoms with E-state index >= 15 is 0 Å². The van der Waals surface area contributed by atoms with Gasteiger partial charge in [0.05, 0.1) is 40.6 Å². The molecule has 1 saturated heterocycles. The van der Waals surface area contributed by atoms with E-state index in [-0.39, 0.29) is 12.6 Å². The summed E-state index contributed by atoms with van der Waals surface area (Å²) in [6.45, 7) is 3.91. The number of ether oxygens (including phenoxy) is 1. The first kappa shape index (κ1) is 23.6. The lowest BCUT2D eigenvalue weighted by Gasteiger charge is -2.33. The molecule has 0 unspecified atom stereocenters. The molecule has 1 aliphatic heterocycles. The van der Waals surface area contributed by atoms with Crippen LogP contribution in [0.25, 0.3) is 33.2 Å². The van der Waals surface area contributed by atoms with Gasteiger partial charge in [-0.3, -0.25) is 4.98 Å². The van der Waals surface area contributed by atoms with Crippen molar-refractivity contribution in [1.29, 1.82) is 0 Å². The smallest absolute Gasteiger partial charge is 0.150 e. The van der Waals surface area contributed by atoms with Gasteiger partial charge in [-0.2, -0.15) is 0 Å². The highest BCUT2D eigenvalue weighted by molar-refractivity contribution is 6.10. The largest absolute Gasteiger partial charge is 0.395 e. The second kappa shape index (κ2) is 9.91. The van der Waals surface area contributed by atoms with E-state index in [4.69, 9.17) is 14.7 Å². The number of aromatic nitrogens is 6. The van der Waals surface area contributed by atoms with Crippen molar-refractivity contribution in [2.24, 2.45) is 13.0 Å². The van der Waals surface area contributed by atoms with E-state index < -0.39 is 0 Å². The van der Waals surface area contributed by atoms with Gasteiger partial charge in [0.2, 0.25) is 0 Å². The number of anilines is 1. The minimum absolute atomic E-state index is 0.0234. The summed E-state index contributed by atoms with van der Waals surface area (Å²) in [4.78, 5) is 9.69. The fraction of sp³-hybridized carbons (Fsp3) is 0.357. The number of aryl methyl sites for hydroxylation is 2. The van der Waals surface area contributed by atoms with Crippen molar-refractivity contribution in [3.05, 3.63) is 66.1 Å². The van der Waals surface area contributed by atoms with Crippen LogP contribution in [0.5, 0.6) is 0 Å². The molecule has 5 heterocycles. The number of hydrogen-bond donors (Lipinski definition) is 2. The maximum Gasteiger partial charge on any atom is 0.150 e. The molecular weight excluding hydrogens is 466 g/mol. The number of aliphatic hydroxyl groups is 1. The number of fused-ring (bicyclic) bond motifs is 3. The van der Waals surface area contributed by atoms with Gasteiger partial charge < -0.3 is 19.7 Å². The van der Waals surface area contributed by atoms with Gasteiger partial charge in [-0.25, -0.2) is 9.67 Å². The quantitative estimate of drug-likeness (QED) is 0.349. The van der Waals surface area contributed by atoms with Crippen LogP contribution in [-0.4, -0.2) is 61.0 Å². The third-order valence-electron chi connectivity index (χ3n) is 7.35. The highest BCUT2D eigenvalue weighted by atomic mass is 16.5. The number of rotatable bonds is 7. The first-order valence-electron chi connectivity index (χ1n) is 12.8. The molecule has 4 aromatic heterocycles. The van der Waals surface area contributed by atoms with E-state index in [1.807, 2.05) is 32.4 Å². The zero-order valence-electron chi connectivity index (χ0n) is 21.1. The Morgan fingerprint density at radius 3 is 2.68 bits per heavy atom. The monoisotopic (exact) mass is 497 g/mol. The lowest BCUT2D eigenvalue weighted by Crippen LogP contribution is -2.27. The molecule has 0 aliphatic carbocycles. The van der Waals surface area contributed by atoms with Gasteiger partial charge in [0.15, 0.2) is 5.82 Å². The summed E-state index contributed by atoms with van der Waals surface area (Å²) >= 11 is 0. The topological polar surface area (TPSA) is 103 Å². The van der Waals surface area contributed by atoms with E-state index in [0.717, 1.165) is 70.8 Å². The number of aliphatic hydroxyl groups excluding tert-OH is 1. The van der Waals surface area contributed by atoms with Crippen LogP contribution in [0.15, 0.2) is 54.9 Å². The van der Waals surface area contributed by atoms with Gasteiger partial charge in [-0.05, 0) is 43.4 Å². The van der Waals surface area contributed by atoms with E-state index in [0.29, 0.717) is 12.5 Å². The molecule has 1 fully saturated rings. The number of hydrogen-bond acceptors (Lipinski definition) is 7. The second-order valence-electron chi connectivity index (χ2n) is 9.62. The van der Waals surface area contributed by atoms with Crippen molar-refractivity contribution in [3.63, 3.8) is 0 Å². The molecule has 37 heavy (non-hydrogen) atoms. The van der Waals surface area contributed by atoms with Gasteiger partial charge in [0, 0.05) is 50.1 Å². The van der Waals surface area contributed by atoms with Crippen molar-refractivity contribution in [3.8, 4) is 11.3 Å². The highest BCUT2D eigenvalue weighted by Crippen LogP contribution is 2.42. The zero-order valence-corrected chi connectivity index (χ0v) is 21.1. The molecule has 0 saturated carbocycles. The third-order valence-corrected chi connectivity index (χ3v) is 7.35. The fourth-order valence-corrected chi connectivity index (χ4v) is 5.75. The summed E-state index contributed by atoms with van der Waals surface area (Å²) in [5.41, 5.74) is 6.98. The minimum Gasteiger partial charge on any atom is -0.395 e. The van der Waals surface area contributed by atoms with E-state index in [1.54, 1.807) is 4.68 Å². The number of benzene rings is 1. The Morgan fingerprint density at radius 1 is 1.14 bits per heavy atom. The summed E-state index contributed by atoms with van der Waals surface area (Å²) in [6, 6.07) is 15.0. The van der Waals surface area contributed by atoms with Gasteiger partial charge in [-0.1, -0.05) is 35.5 Å². The summed E-state index contributed by atoms with van der Waals surface area (Å²) < 4.78 is 9.97. The van der Waals surface area contributed by atoms with Gasteiger partial charge in [-0.15, -0.1) is 5.10 Å². The summed E-state index contributed by atoms with van der Waals surface area (Å²) in [7, 11) is 1.91. The van der Waals surface area contributed by atoms with Crippen molar-refractivity contribution >= 4 is 27.8 Å². The number of nitrogens with zero attached hydrogens (tertiary/aromatic N) is 6. The van der Waals surface area contributed by atoms with Crippen LogP contribution in [-0.2, 0) is 11.8 Å². The lowest BCUT2D eigenvalue weighted by molar-refractivity contribution is 0.0553. The van der Waals surface area contributed by atoms with Gasteiger partial charge in [0.1, 0.15) is 0 Å². The molecule has 9 nitrogen and oxygen atoms in total. The van der Waals surface area contributed by atoms with Crippen molar-refractivity contribution in [1.82, 2.24) is 29.5 Å². The molecule has 0 radical (unpaired) electrons. The van der Waals surface area contributed by atoms with Crippen LogP contribution in [0.4, 0.5) is 5.82 Å². The Kier molecular flexibility index (Phi) is 6.31. The van der Waals surface area contributed by atoms with Crippen LogP contribution in [0.1, 0.15) is 30.1 Å². The highest BCUT2D eigenvalue weighted by Gasteiger charge is 2.31. The maximum atomic E-state index is 9.56. The molecule has 0 bridgehead atoms. The van der Waals surface area contributed by atoms with E-state index in [2.05, 4.69) is 56.6 Å². The lowest BCUT2D eigenvalue weighted by atomic mass is 9.86. The fourth-order valence-electron chi connectivity index (χ4n) is 5.75. The van der Waals surface area contributed by atoms with E-state index in [9.17, 15) is 5.11 Å². The Balaban J connectivity index is 1.68. The third kappa shape index (κ3) is 4.14. The molecule has 1 aliphatic rings. The molecule has 1 atom stereocenters. The second-order valence-corrected chi connectivity index (χ2v) is 9.62. The first-order chi connectivity index (χ1) is 18.2. The molecule has 5 aromatic rings. The zero-order chi connectivity index (χ0) is 25.4. The molecule has 0 amide bonds. The first-order valence-corrected chi connectivity index (χ1v) is 12.8. The van der Waals surface area contributed by atoms with Crippen LogP contribution in [0.2, 0.25) is 0 Å². The molecule has 190 valence electrons. The number of nitrogens with one attached hydrogen (secondary N) is 1. The Hall–Kier alpha value is -3.82. The summed E-state index contributed by atoms with van der Waals surface area (Å²) in [5.74, 6) is 1.13. The molecule has 2 N–H and O–H groups in total.